The van der Waals surface area contributed by atoms with Gasteiger partial charge in [-0.15, -0.1) is 0 Å². The summed E-state index contributed by atoms with van der Waals surface area (Å²) in [5, 5.41) is 2.64. The highest BCUT2D eigenvalue weighted by Gasteiger charge is 2.00. The van der Waals surface area contributed by atoms with E-state index in [-0.39, 0.29) is 6.61 Å². The monoisotopic (exact) mass is 301 g/mol. The molecular formula is C16H16FN3O2. The topological polar surface area (TPSA) is 64.1 Å². The zero-order valence-electron chi connectivity index (χ0n) is 11.9. The Morgan fingerprint density at radius 1 is 1.23 bits per heavy atom. The quantitative estimate of drug-likeness (QED) is 0.658. The predicted octanol–water partition coefficient (Wildman–Crippen LogP) is 2.95. The van der Waals surface area contributed by atoms with Gasteiger partial charge in [-0.3, -0.25) is 0 Å². The van der Waals surface area contributed by atoms with Crippen molar-refractivity contribution in [3.05, 3.63) is 66.0 Å². The van der Waals surface area contributed by atoms with Crippen LogP contribution >= 0.6 is 0 Å². The van der Waals surface area contributed by atoms with Crippen LogP contribution in [0.4, 0.5) is 9.18 Å². The summed E-state index contributed by atoms with van der Waals surface area (Å²) in [6.07, 6.45) is 5.80. The summed E-state index contributed by atoms with van der Waals surface area (Å²) < 4.78 is 17.6. The van der Waals surface area contributed by atoms with Gasteiger partial charge in [-0.1, -0.05) is 42.5 Å². The maximum absolute atomic E-state index is 12.5. The van der Waals surface area contributed by atoms with Crippen LogP contribution in [0, 0.1) is 6.08 Å². The van der Waals surface area contributed by atoms with Gasteiger partial charge < -0.3 is 10.1 Å². The molecule has 1 N–H and O–H groups in total. The number of halogens is 1. The molecule has 0 saturated heterocycles. The van der Waals surface area contributed by atoms with Crippen LogP contribution in [0.5, 0.6) is 0 Å². The van der Waals surface area contributed by atoms with Crippen LogP contribution in [-0.2, 0) is 11.3 Å². The summed E-state index contributed by atoms with van der Waals surface area (Å²) in [5.41, 5.74) is 1.64. The Balaban J connectivity index is 1.61. The molecule has 114 valence electrons. The van der Waals surface area contributed by atoms with Crippen molar-refractivity contribution in [2.75, 3.05) is 6.54 Å². The SMILES string of the molecule is O=C(NCCC=Cc1cnc(F)nc1)OCc1ccccc1. The molecule has 0 aliphatic rings. The lowest BCUT2D eigenvalue weighted by Crippen LogP contribution is -2.24. The van der Waals surface area contributed by atoms with Crippen molar-refractivity contribution >= 4 is 12.2 Å². The molecular weight excluding hydrogens is 285 g/mol. The van der Waals surface area contributed by atoms with E-state index in [2.05, 4.69) is 15.3 Å². The van der Waals surface area contributed by atoms with E-state index < -0.39 is 12.2 Å². The maximum atomic E-state index is 12.5. The van der Waals surface area contributed by atoms with Gasteiger partial charge in [0, 0.05) is 24.5 Å². The molecule has 0 fully saturated rings. The summed E-state index contributed by atoms with van der Waals surface area (Å²) in [7, 11) is 0. The Kier molecular flexibility index (Phi) is 6.04. The number of nitrogens with zero attached hydrogens (tertiary/aromatic N) is 2. The molecule has 0 atom stereocenters. The van der Waals surface area contributed by atoms with Gasteiger partial charge in [-0.25, -0.2) is 14.8 Å². The number of alkyl carbamates (subject to hydrolysis) is 1. The molecule has 0 spiro atoms. The van der Waals surface area contributed by atoms with E-state index in [4.69, 9.17) is 4.74 Å². The summed E-state index contributed by atoms with van der Waals surface area (Å²) in [4.78, 5) is 18.3. The first-order valence-corrected chi connectivity index (χ1v) is 6.82. The molecule has 0 unspecified atom stereocenters. The second kappa shape index (κ2) is 8.51. The van der Waals surface area contributed by atoms with Crippen molar-refractivity contribution in [1.82, 2.24) is 15.3 Å². The van der Waals surface area contributed by atoms with E-state index in [1.165, 1.54) is 12.4 Å². The fourth-order valence-electron chi connectivity index (χ4n) is 1.66. The zero-order chi connectivity index (χ0) is 15.6. The van der Waals surface area contributed by atoms with Crippen LogP contribution in [-0.4, -0.2) is 22.6 Å². The second-order valence-electron chi connectivity index (χ2n) is 4.46. The lowest BCUT2D eigenvalue weighted by atomic mass is 10.2. The number of hydrogen-bond donors (Lipinski definition) is 1. The summed E-state index contributed by atoms with van der Waals surface area (Å²) in [6, 6.07) is 9.46. The molecule has 1 heterocycles. The number of aromatic nitrogens is 2. The van der Waals surface area contributed by atoms with Gasteiger partial charge in [-0.05, 0) is 12.0 Å². The normalized spacial score (nSPS) is 10.6. The molecule has 1 aromatic carbocycles. The summed E-state index contributed by atoms with van der Waals surface area (Å²) in [5.74, 6) is 0. The molecule has 2 rings (SSSR count). The van der Waals surface area contributed by atoms with Crippen LogP contribution in [0.1, 0.15) is 17.5 Å². The standard InChI is InChI=1S/C16H16FN3O2/c17-15-19-10-14(11-20-15)8-4-5-9-18-16(21)22-12-13-6-2-1-3-7-13/h1-4,6-8,10-11H,5,9,12H2,(H,18,21). The molecule has 0 saturated carbocycles. The van der Waals surface area contributed by atoms with Crippen LogP contribution < -0.4 is 5.32 Å². The minimum Gasteiger partial charge on any atom is -0.445 e. The van der Waals surface area contributed by atoms with E-state index in [9.17, 15) is 9.18 Å². The van der Waals surface area contributed by atoms with Gasteiger partial charge >= 0.3 is 12.2 Å². The fourth-order valence-corrected chi connectivity index (χ4v) is 1.66. The Morgan fingerprint density at radius 2 is 1.95 bits per heavy atom. The molecule has 2 aromatic rings. The number of carbonyl (C=O) groups is 1. The Labute approximate surface area is 127 Å². The molecule has 0 aliphatic carbocycles. The first kappa shape index (κ1) is 15.6. The highest BCUT2D eigenvalue weighted by Crippen LogP contribution is 2.01. The van der Waals surface area contributed by atoms with Gasteiger partial charge in [0.1, 0.15) is 6.61 Å². The van der Waals surface area contributed by atoms with Crippen LogP contribution in [0.2, 0.25) is 0 Å². The minimum atomic E-state index is -0.750. The molecule has 5 nitrogen and oxygen atoms in total. The average molecular weight is 301 g/mol. The number of benzene rings is 1. The van der Waals surface area contributed by atoms with E-state index >= 15 is 0 Å². The van der Waals surface area contributed by atoms with Crippen molar-refractivity contribution in [2.24, 2.45) is 0 Å². The molecule has 1 amide bonds. The van der Waals surface area contributed by atoms with Crippen molar-refractivity contribution in [2.45, 2.75) is 13.0 Å². The minimum absolute atomic E-state index is 0.245. The predicted molar refractivity (Wildman–Crippen MR) is 80.3 cm³/mol. The van der Waals surface area contributed by atoms with Crippen LogP contribution in [0.25, 0.3) is 6.08 Å². The van der Waals surface area contributed by atoms with Crippen molar-refractivity contribution in [3.63, 3.8) is 0 Å². The maximum Gasteiger partial charge on any atom is 0.407 e. The highest BCUT2D eigenvalue weighted by atomic mass is 19.1. The lowest BCUT2D eigenvalue weighted by Gasteiger charge is -2.05. The molecule has 0 bridgehead atoms. The third kappa shape index (κ3) is 5.70. The number of hydrogen-bond acceptors (Lipinski definition) is 4. The Hall–Kier alpha value is -2.76. The van der Waals surface area contributed by atoms with Gasteiger partial charge in [0.2, 0.25) is 0 Å². The molecule has 0 aliphatic heterocycles. The summed E-state index contributed by atoms with van der Waals surface area (Å²) >= 11 is 0. The lowest BCUT2D eigenvalue weighted by molar-refractivity contribution is 0.140. The van der Waals surface area contributed by atoms with Gasteiger partial charge in [-0.2, -0.15) is 4.39 Å². The third-order valence-corrected chi connectivity index (χ3v) is 2.74. The van der Waals surface area contributed by atoms with Gasteiger partial charge in [0.25, 0.3) is 0 Å². The number of carbonyl (C=O) groups excluding carboxylic acids is 1. The molecule has 6 heteroatoms. The average Bonchev–Trinajstić information content (AvgIpc) is 2.55. The second-order valence-corrected chi connectivity index (χ2v) is 4.46. The molecule has 22 heavy (non-hydrogen) atoms. The van der Waals surface area contributed by atoms with Crippen molar-refractivity contribution < 1.29 is 13.9 Å². The first-order valence-electron chi connectivity index (χ1n) is 6.82. The highest BCUT2D eigenvalue weighted by molar-refractivity contribution is 5.67. The first-order chi connectivity index (χ1) is 10.7. The number of nitrogens with one attached hydrogen (secondary N) is 1. The van der Waals surface area contributed by atoms with Crippen molar-refractivity contribution in [3.8, 4) is 0 Å². The van der Waals surface area contributed by atoms with Crippen LogP contribution in [0.15, 0.2) is 48.8 Å². The number of amides is 1. The summed E-state index contributed by atoms with van der Waals surface area (Å²) in [6.45, 7) is 0.696. The zero-order valence-corrected chi connectivity index (χ0v) is 11.9. The van der Waals surface area contributed by atoms with E-state index in [0.29, 0.717) is 18.5 Å². The Bertz CT molecular complexity index is 615. The molecule has 1 aromatic heterocycles. The van der Waals surface area contributed by atoms with E-state index in [1.807, 2.05) is 36.4 Å². The van der Waals surface area contributed by atoms with E-state index in [0.717, 1.165) is 5.56 Å². The Morgan fingerprint density at radius 3 is 2.68 bits per heavy atom. The van der Waals surface area contributed by atoms with Crippen LogP contribution in [0.3, 0.4) is 0 Å². The third-order valence-electron chi connectivity index (χ3n) is 2.74. The van der Waals surface area contributed by atoms with Gasteiger partial charge in [0.15, 0.2) is 0 Å². The van der Waals surface area contributed by atoms with Gasteiger partial charge in [0.05, 0.1) is 0 Å². The number of ether oxygens (including phenoxy) is 1. The van der Waals surface area contributed by atoms with Crippen molar-refractivity contribution in [1.29, 1.82) is 0 Å². The number of rotatable bonds is 6. The molecule has 0 radical (unpaired) electrons. The largest absolute Gasteiger partial charge is 0.445 e. The smallest absolute Gasteiger partial charge is 0.407 e. The fraction of sp³-hybridized carbons (Fsp3) is 0.188. The van der Waals surface area contributed by atoms with E-state index in [1.54, 1.807) is 6.08 Å².